The molecule has 0 spiro atoms. The highest BCUT2D eigenvalue weighted by Gasteiger charge is 2.16. The lowest BCUT2D eigenvalue weighted by Crippen LogP contribution is -2.32. The van der Waals surface area contributed by atoms with Crippen LogP contribution in [-0.4, -0.2) is 21.9 Å². The minimum absolute atomic E-state index is 0.112. The second-order valence-electron chi connectivity index (χ2n) is 5.39. The predicted octanol–water partition coefficient (Wildman–Crippen LogP) is 3.64. The van der Waals surface area contributed by atoms with Gasteiger partial charge in [-0.2, -0.15) is 0 Å². The van der Waals surface area contributed by atoms with Crippen LogP contribution in [0.2, 0.25) is 0 Å². The molecule has 1 amide bonds. The van der Waals surface area contributed by atoms with E-state index >= 15 is 0 Å². The van der Waals surface area contributed by atoms with Crippen LogP contribution >= 0.6 is 0 Å². The van der Waals surface area contributed by atoms with E-state index in [1.54, 1.807) is 0 Å². The molecule has 3 heteroatoms. The van der Waals surface area contributed by atoms with Gasteiger partial charge in [-0.3, -0.25) is 4.79 Å². The first-order valence-electron chi connectivity index (χ1n) is 7.64. The third-order valence-corrected chi connectivity index (χ3v) is 3.79. The van der Waals surface area contributed by atoms with Crippen molar-refractivity contribution < 1.29 is 4.79 Å². The van der Waals surface area contributed by atoms with Gasteiger partial charge in [0.1, 0.15) is 0 Å². The van der Waals surface area contributed by atoms with Crippen LogP contribution < -0.4 is 0 Å². The zero-order valence-corrected chi connectivity index (χ0v) is 13.2. The summed E-state index contributed by atoms with van der Waals surface area (Å²) in [6, 6.07) is 12.0. The molecule has 0 aliphatic carbocycles. The number of nitrogens with zero attached hydrogens (tertiary/aromatic N) is 2. The Morgan fingerprint density at radius 2 is 1.86 bits per heavy atom. The van der Waals surface area contributed by atoms with E-state index in [0.29, 0.717) is 6.54 Å². The van der Waals surface area contributed by atoms with Crippen LogP contribution in [0.3, 0.4) is 0 Å². The Morgan fingerprint density at radius 3 is 2.38 bits per heavy atom. The normalized spacial score (nSPS) is 10.6. The van der Waals surface area contributed by atoms with Crippen molar-refractivity contribution in [2.45, 2.75) is 33.2 Å². The molecule has 0 fully saturated rings. The number of aromatic nitrogens is 1. The van der Waals surface area contributed by atoms with Crippen molar-refractivity contribution in [2.24, 2.45) is 7.05 Å². The van der Waals surface area contributed by atoms with Crippen molar-refractivity contribution in [3.63, 3.8) is 0 Å². The molecule has 1 aromatic heterocycles. The highest BCUT2D eigenvalue weighted by Crippen LogP contribution is 2.12. The topological polar surface area (TPSA) is 25.2 Å². The number of amides is 1. The molecule has 0 bridgehead atoms. The van der Waals surface area contributed by atoms with Gasteiger partial charge in [-0.15, -0.1) is 0 Å². The maximum absolute atomic E-state index is 12.7. The first kappa shape index (κ1) is 15.4. The minimum Gasteiger partial charge on any atom is -0.353 e. The van der Waals surface area contributed by atoms with E-state index in [9.17, 15) is 4.79 Å². The van der Waals surface area contributed by atoms with Gasteiger partial charge in [0, 0.05) is 31.0 Å². The summed E-state index contributed by atoms with van der Waals surface area (Å²) in [6.45, 7) is 5.66. The quantitative estimate of drug-likeness (QED) is 0.795. The van der Waals surface area contributed by atoms with E-state index in [1.165, 1.54) is 5.56 Å². The van der Waals surface area contributed by atoms with Gasteiger partial charge in [-0.25, -0.2) is 0 Å². The van der Waals surface area contributed by atoms with Gasteiger partial charge in [0.25, 0.3) is 5.91 Å². The molecule has 0 radical (unpaired) electrons. The zero-order chi connectivity index (χ0) is 15.2. The maximum Gasteiger partial charge on any atom is 0.254 e. The largest absolute Gasteiger partial charge is 0.353 e. The van der Waals surface area contributed by atoms with Gasteiger partial charge < -0.3 is 9.47 Å². The summed E-state index contributed by atoms with van der Waals surface area (Å²) in [6.07, 6.45) is 3.97. The average Bonchev–Trinajstić information content (AvgIpc) is 2.91. The molecule has 2 aromatic rings. The Labute approximate surface area is 127 Å². The molecule has 0 saturated heterocycles. The van der Waals surface area contributed by atoms with Crippen LogP contribution in [0, 0.1) is 0 Å². The Morgan fingerprint density at radius 1 is 1.14 bits per heavy atom. The molecule has 0 aliphatic rings. The fraction of sp³-hybridized carbons (Fsp3) is 0.389. The average molecular weight is 284 g/mol. The highest BCUT2D eigenvalue weighted by molar-refractivity contribution is 5.94. The summed E-state index contributed by atoms with van der Waals surface area (Å²) in [5.74, 6) is 0.112. The molecule has 1 heterocycles. The lowest BCUT2D eigenvalue weighted by atomic mass is 10.1. The van der Waals surface area contributed by atoms with Crippen molar-refractivity contribution in [3.05, 3.63) is 59.4 Å². The molecule has 3 nitrogen and oxygen atoms in total. The van der Waals surface area contributed by atoms with Crippen molar-refractivity contribution in [1.82, 2.24) is 9.47 Å². The molecule has 0 atom stereocenters. The number of carbonyl (C=O) groups is 1. The summed E-state index contributed by atoms with van der Waals surface area (Å²) in [5, 5.41) is 0. The van der Waals surface area contributed by atoms with Gasteiger partial charge in [0.2, 0.25) is 0 Å². The fourth-order valence-corrected chi connectivity index (χ4v) is 2.44. The third kappa shape index (κ3) is 3.75. The third-order valence-electron chi connectivity index (χ3n) is 3.79. The number of rotatable bonds is 6. The Bertz CT molecular complexity index is 584. The summed E-state index contributed by atoms with van der Waals surface area (Å²) < 4.78 is 2.07. The van der Waals surface area contributed by atoms with Gasteiger partial charge in [0.15, 0.2) is 0 Å². The molecule has 0 N–H and O–H groups in total. The van der Waals surface area contributed by atoms with E-state index in [1.807, 2.05) is 48.5 Å². The Hall–Kier alpha value is -2.03. The molecule has 2 rings (SSSR count). The van der Waals surface area contributed by atoms with Crippen molar-refractivity contribution in [3.8, 4) is 0 Å². The van der Waals surface area contributed by atoms with E-state index in [2.05, 4.69) is 24.5 Å². The van der Waals surface area contributed by atoms with Gasteiger partial charge in [-0.1, -0.05) is 26.0 Å². The van der Waals surface area contributed by atoms with Crippen LogP contribution in [0.1, 0.15) is 41.9 Å². The number of benzene rings is 1. The predicted molar refractivity (Wildman–Crippen MR) is 86.3 cm³/mol. The molecule has 0 unspecified atom stereocenters. The summed E-state index contributed by atoms with van der Waals surface area (Å²) >= 11 is 0. The van der Waals surface area contributed by atoms with Crippen molar-refractivity contribution >= 4 is 5.91 Å². The number of aryl methyl sites for hydroxylation is 2. The lowest BCUT2D eigenvalue weighted by molar-refractivity contribution is 0.0740. The van der Waals surface area contributed by atoms with Gasteiger partial charge in [-0.05, 0) is 42.7 Å². The smallest absolute Gasteiger partial charge is 0.254 e. The molecule has 112 valence electrons. The first-order chi connectivity index (χ1) is 10.2. The molecule has 0 saturated carbocycles. The monoisotopic (exact) mass is 284 g/mol. The second kappa shape index (κ2) is 7.11. The van der Waals surface area contributed by atoms with Crippen molar-refractivity contribution in [1.29, 1.82) is 0 Å². The number of carbonyl (C=O) groups excluding carboxylic acids is 1. The van der Waals surface area contributed by atoms with Crippen molar-refractivity contribution in [2.75, 3.05) is 6.54 Å². The van der Waals surface area contributed by atoms with E-state index in [4.69, 9.17) is 0 Å². The molecular formula is C18H24N2O. The van der Waals surface area contributed by atoms with Crippen LogP contribution in [0.5, 0.6) is 0 Å². The zero-order valence-electron chi connectivity index (χ0n) is 13.2. The minimum atomic E-state index is 0.112. The molecule has 21 heavy (non-hydrogen) atoms. The number of hydrogen-bond acceptors (Lipinski definition) is 1. The van der Waals surface area contributed by atoms with Crippen LogP contribution in [0.4, 0.5) is 0 Å². The fourth-order valence-electron chi connectivity index (χ4n) is 2.44. The van der Waals surface area contributed by atoms with Crippen LogP contribution in [0.25, 0.3) is 0 Å². The first-order valence-corrected chi connectivity index (χ1v) is 7.64. The van der Waals surface area contributed by atoms with E-state index in [-0.39, 0.29) is 5.91 Å². The summed E-state index contributed by atoms with van der Waals surface area (Å²) in [7, 11) is 2.01. The Kier molecular flexibility index (Phi) is 5.20. The SMILES string of the molecule is CCCN(Cc1cccn1C)C(=O)c1ccc(CC)cc1. The molecular weight excluding hydrogens is 260 g/mol. The Balaban J connectivity index is 2.16. The molecule has 1 aromatic carbocycles. The van der Waals surface area contributed by atoms with E-state index < -0.39 is 0 Å². The van der Waals surface area contributed by atoms with Crippen LogP contribution in [-0.2, 0) is 20.0 Å². The van der Waals surface area contributed by atoms with Gasteiger partial charge in [0.05, 0.1) is 6.54 Å². The lowest BCUT2D eigenvalue weighted by Gasteiger charge is -2.22. The van der Waals surface area contributed by atoms with E-state index in [0.717, 1.165) is 30.6 Å². The van der Waals surface area contributed by atoms with Gasteiger partial charge >= 0.3 is 0 Å². The highest BCUT2D eigenvalue weighted by atomic mass is 16.2. The maximum atomic E-state index is 12.7. The molecule has 0 aliphatic heterocycles. The summed E-state index contributed by atoms with van der Waals surface area (Å²) in [5.41, 5.74) is 3.19. The van der Waals surface area contributed by atoms with Crippen LogP contribution in [0.15, 0.2) is 42.6 Å². The number of hydrogen-bond donors (Lipinski definition) is 0. The second-order valence-corrected chi connectivity index (χ2v) is 5.39. The summed E-state index contributed by atoms with van der Waals surface area (Å²) in [4.78, 5) is 14.6. The standard InChI is InChI=1S/C18H24N2O/c1-4-12-20(14-17-7-6-13-19(17)3)18(21)16-10-8-15(5-2)9-11-16/h6-11,13H,4-5,12,14H2,1-3H3.